The molecule has 1 aliphatic heterocycles. The fourth-order valence-corrected chi connectivity index (χ4v) is 3.37. The van der Waals surface area contributed by atoms with E-state index in [1.165, 1.54) is 4.90 Å². The molecule has 1 saturated carbocycles. The molecular weight excluding hydrogens is 291 g/mol. The van der Waals surface area contributed by atoms with Crippen LogP contribution in [0.15, 0.2) is 0 Å². The maximum Gasteiger partial charge on any atom is 0.411 e. The number of amides is 1. The van der Waals surface area contributed by atoms with E-state index in [1.807, 2.05) is 0 Å². The van der Waals surface area contributed by atoms with Crippen molar-refractivity contribution in [2.45, 2.75) is 50.4 Å². The predicted octanol–water partition coefficient (Wildman–Crippen LogP) is 1.81. The van der Waals surface area contributed by atoms with Crippen LogP contribution in [0.2, 0.25) is 0 Å². The van der Waals surface area contributed by atoms with Gasteiger partial charge in [0.15, 0.2) is 0 Å². The van der Waals surface area contributed by atoms with E-state index in [0.717, 1.165) is 19.3 Å². The summed E-state index contributed by atoms with van der Waals surface area (Å²) in [5.41, 5.74) is 0. The van der Waals surface area contributed by atoms with Crippen molar-refractivity contribution in [3.8, 4) is 0 Å². The van der Waals surface area contributed by atoms with Crippen molar-refractivity contribution in [2.24, 2.45) is 5.92 Å². The summed E-state index contributed by atoms with van der Waals surface area (Å²) in [6.07, 6.45) is -0.641. The van der Waals surface area contributed by atoms with Crippen molar-refractivity contribution in [1.82, 2.24) is 4.90 Å². The first-order valence-corrected chi connectivity index (χ1v) is 6.98. The molecule has 3 atom stereocenters. The van der Waals surface area contributed by atoms with Crippen molar-refractivity contribution in [2.75, 3.05) is 13.2 Å². The zero-order chi connectivity index (χ0) is 15.6. The molecule has 0 aromatic rings. The maximum atomic E-state index is 12.1. The van der Waals surface area contributed by atoms with Crippen LogP contribution in [0.3, 0.4) is 0 Å². The molecular formula is C13H18F3NO4. The summed E-state index contributed by atoms with van der Waals surface area (Å²) in [6.45, 7) is -2.23. The van der Waals surface area contributed by atoms with Gasteiger partial charge in [0.05, 0.1) is 0 Å². The van der Waals surface area contributed by atoms with Gasteiger partial charge in [0.1, 0.15) is 19.3 Å². The molecule has 1 heterocycles. The molecule has 2 aliphatic rings. The van der Waals surface area contributed by atoms with Gasteiger partial charge in [-0.05, 0) is 25.2 Å². The molecule has 2 fully saturated rings. The molecule has 1 amide bonds. The van der Waals surface area contributed by atoms with Gasteiger partial charge >= 0.3 is 12.1 Å². The topological polar surface area (TPSA) is 66.8 Å². The number of carboxylic acids is 1. The van der Waals surface area contributed by atoms with Crippen LogP contribution in [0.1, 0.15) is 32.1 Å². The first-order chi connectivity index (χ1) is 9.79. The first-order valence-electron chi connectivity index (χ1n) is 6.98. The quantitative estimate of drug-likeness (QED) is 0.860. The molecule has 1 saturated heterocycles. The van der Waals surface area contributed by atoms with Crippen LogP contribution in [0.25, 0.3) is 0 Å². The van der Waals surface area contributed by atoms with Gasteiger partial charge in [0.2, 0.25) is 5.91 Å². The minimum absolute atomic E-state index is 0.131. The molecule has 120 valence electrons. The lowest BCUT2D eigenvalue weighted by molar-refractivity contribution is -0.179. The molecule has 0 aromatic heterocycles. The number of hydrogen-bond donors (Lipinski definition) is 1. The predicted molar refractivity (Wildman–Crippen MR) is 65.5 cm³/mol. The number of carboxylic acid groups (broad SMARTS) is 1. The Labute approximate surface area is 120 Å². The van der Waals surface area contributed by atoms with E-state index in [-0.39, 0.29) is 12.0 Å². The number of rotatable bonds is 4. The molecule has 2 rings (SSSR count). The standard InChI is InChI=1S/C13H18F3NO4/c14-13(15,16)7-21-6-11(18)17-9-4-2-1-3-8(9)5-10(17)12(19)20/h8-10H,1-7H2,(H,19,20). The lowest BCUT2D eigenvalue weighted by Crippen LogP contribution is -2.47. The summed E-state index contributed by atoms with van der Waals surface area (Å²) in [6, 6.07) is -1.12. The van der Waals surface area contributed by atoms with E-state index in [9.17, 15) is 27.9 Å². The number of nitrogens with zero attached hydrogens (tertiary/aromatic N) is 1. The third-order valence-electron chi connectivity index (χ3n) is 4.15. The summed E-state index contributed by atoms with van der Waals surface area (Å²) < 4.78 is 40.4. The number of halogens is 3. The maximum absolute atomic E-state index is 12.1. The van der Waals surface area contributed by atoms with Crippen LogP contribution in [0.4, 0.5) is 13.2 Å². The molecule has 5 nitrogen and oxygen atoms in total. The minimum atomic E-state index is -4.50. The van der Waals surface area contributed by atoms with Crippen LogP contribution >= 0.6 is 0 Å². The molecule has 0 radical (unpaired) electrons. The highest BCUT2D eigenvalue weighted by Crippen LogP contribution is 2.39. The normalized spacial score (nSPS) is 29.3. The molecule has 8 heteroatoms. The van der Waals surface area contributed by atoms with Crippen molar-refractivity contribution in [3.05, 3.63) is 0 Å². The van der Waals surface area contributed by atoms with Gasteiger partial charge in [0.25, 0.3) is 0 Å². The average Bonchev–Trinajstić information content (AvgIpc) is 2.76. The summed E-state index contributed by atoms with van der Waals surface area (Å²) in [7, 11) is 0. The third kappa shape index (κ3) is 3.87. The molecule has 0 spiro atoms. The number of alkyl halides is 3. The molecule has 1 N–H and O–H groups in total. The Morgan fingerprint density at radius 1 is 1.24 bits per heavy atom. The number of hydrogen-bond acceptors (Lipinski definition) is 3. The van der Waals surface area contributed by atoms with E-state index >= 15 is 0 Å². The molecule has 0 bridgehead atoms. The van der Waals surface area contributed by atoms with Gasteiger partial charge in [-0.15, -0.1) is 0 Å². The second-order valence-corrected chi connectivity index (χ2v) is 5.61. The van der Waals surface area contributed by atoms with Crippen molar-refractivity contribution in [1.29, 1.82) is 0 Å². The number of carbonyl (C=O) groups excluding carboxylic acids is 1. The smallest absolute Gasteiger partial charge is 0.411 e. The highest BCUT2D eigenvalue weighted by atomic mass is 19.4. The summed E-state index contributed by atoms with van der Waals surface area (Å²) in [5.74, 6) is -1.64. The lowest BCUT2D eigenvalue weighted by atomic mass is 9.85. The Hall–Kier alpha value is -1.31. The number of aliphatic carboxylic acids is 1. The zero-order valence-electron chi connectivity index (χ0n) is 11.4. The first kappa shape index (κ1) is 16.1. The van der Waals surface area contributed by atoms with E-state index in [1.54, 1.807) is 0 Å². The largest absolute Gasteiger partial charge is 0.480 e. The second kappa shape index (κ2) is 6.21. The van der Waals surface area contributed by atoms with Gasteiger partial charge in [-0.3, -0.25) is 4.79 Å². The van der Waals surface area contributed by atoms with Crippen molar-refractivity contribution in [3.63, 3.8) is 0 Å². The summed E-state index contributed by atoms with van der Waals surface area (Å²) in [4.78, 5) is 24.6. The second-order valence-electron chi connectivity index (χ2n) is 5.61. The highest BCUT2D eigenvalue weighted by molar-refractivity contribution is 5.85. The Morgan fingerprint density at radius 3 is 2.52 bits per heavy atom. The third-order valence-corrected chi connectivity index (χ3v) is 4.15. The summed E-state index contributed by atoms with van der Waals surface area (Å²) >= 11 is 0. The Balaban J connectivity index is 2.00. The van der Waals surface area contributed by atoms with E-state index in [0.29, 0.717) is 12.8 Å². The van der Waals surface area contributed by atoms with E-state index < -0.39 is 37.3 Å². The van der Waals surface area contributed by atoms with Gasteiger partial charge in [-0.2, -0.15) is 13.2 Å². The van der Waals surface area contributed by atoms with Crippen LogP contribution in [-0.2, 0) is 14.3 Å². The number of likely N-dealkylation sites (tertiary alicyclic amines) is 1. The Kier molecular flexibility index (Phi) is 4.75. The number of ether oxygens (including phenoxy) is 1. The molecule has 21 heavy (non-hydrogen) atoms. The van der Waals surface area contributed by atoms with Crippen LogP contribution in [0, 0.1) is 5.92 Å². The molecule has 1 aliphatic carbocycles. The van der Waals surface area contributed by atoms with Crippen LogP contribution in [0.5, 0.6) is 0 Å². The van der Waals surface area contributed by atoms with Crippen LogP contribution < -0.4 is 0 Å². The van der Waals surface area contributed by atoms with Gasteiger partial charge in [0, 0.05) is 6.04 Å². The Bertz CT molecular complexity index is 413. The average molecular weight is 309 g/mol. The molecule has 3 unspecified atom stereocenters. The van der Waals surface area contributed by atoms with Gasteiger partial charge in [-0.1, -0.05) is 12.8 Å². The highest BCUT2D eigenvalue weighted by Gasteiger charge is 2.47. The van der Waals surface area contributed by atoms with Gasteiger partial charge in [-0.25, -0.2) is 4.79 Å². The lowest BCUT2D eigenvalue weighted by Gasteiger charge is -2.32. The SMILES string of the molecule is O=C(O)C1CC2CCCCC2N1C(=O)COCC(F)(F)F. The van der Waals surface area contributed by atoms with E-state index in [4.69, 9.17) is 0 Å². The Morgan fingerprint density at radius 2 is 1.90 bits per heavy atom. The fraction of sp³-hybridized carbons (Fsp3) is 0.846. The van der Waals surface area contributed by atoms with Crippen molar-refractivity contribution < 1.29 is 32.6 Å². The minimum Gasteiger partial charge on any atom is -0.480 e. The van der Waals surface area contributed by atoms with Gasteiger partial charge < -0.3 is 14.7 Å². The van der Waals surface area contributed by atoms with Crippen LogP contribution in [-0.4, -0.2) is 53.4 Å². The molecule has 0 aromatic carbocycles. The number of fused-ring (bicyclic) bond motifs is 1. The van der Waals surface area contributed by atoms with Crippen molar-refractivity contribution >= 4 is 11.9 Å². The fourth-order valence-electron chi connectivity index (χ4n) is 3.37. The summed E-state index contributed by atoms with van der Waals surface area (Å²) in [5, 5.41) is 9.22. The van der Waals surface area contributed by atoms with E-state index in [2.05, 4.69) is 4.74 Å². The number of carbonyl (C=O) groups is 2. The monoisotopic (exact) mass is 309 g/mol. The zero-order valence-corrected chi connectivity index (χ0v) is 11.4.